The number of aryl methyl sites for hydroxylation is 1. The molecule has 0 spiro atoms. The lowest BCUT2D eigenvalue weighted by atomic mass is 10.1. The van der Waals surface area contributed by atoms with Crippen LogP contribution >= 0.6 is 11.5 Å². The van der Waals surface area contributed by atoms with Crippen molar-refractivity contribution in [3.8, 4) is 11.4 Å². The zero-order valence-corrected chi connectivity index (χ0v) is 10.2. The Morgan fingerprint density at radius 2 is 2.31 bits per heavy atom. The lowest BCUT2D eigenvalue weighted by Crippen LogP contribution is -1.98. The van der Waals surface area contributed by atoms with E-state index in [9.17, 15) is 0 Å². The van der Waals surface area contributed by atoms with Gasteiger partial charge in [0.1, 0.15) is 0 Å². The van der Waals surface area contributed by atoms with E-state index in [-0.39, 0.29) is 0 Å². The zero-order valence-electron chi connectivity index (χ0n) is 9.40. The largest absolute Gasteiger partial charge is 0.360 e. The Hall–Kier alpha value is -1.49. The third kappa shape index (κ3) is 2.36. The van der Waals surface area contributed by atoms with Crippen molar-refractivity contribution < 1.29 is 0 Å². The van der Waals surface area contributed by atoms with Crippen molar-refractivity contribution in [3.63, 3.8) is 0 Å². The first-order chi connectivity index (χ1) is 7.81. The first-order valence-electron chi connectivity index (χ1n) is 5.30. The van der Waals surface area contributed by atoms with Crippen LogP contribution in [0.2, 0.25) is 0 Å². The van der Waals surface area contributed by atoms with Crippen molar-refractivity contribution >= 4 is 16.7 Å². The van der Waals surface area contributed by atoms with Crippen LogP contribution in [0.25, 0.3) is 11.4 Å². The van der Waals surface area contributed by atoms with Gasteiger partial charge in [0, 0.05) is 36.0 Å². The molecule has 0 aromatic carbocycles. The minimum Gasteiger partial charge on any atom is -0.360 e. The minimum absolute atomic E-state index is 0.781. The maximum absolute atomic E-state index is 4.45. The van der Waals surface area contributed by atoms with Crippen LogP contribution in [0.5, 0.6) is 0 Å². The SMILES string of the molecule is CCCNc1nc(-c2ccncc2C)ns1. The molecular weight excluding hydrogens is 220 g/mol. The van der Waals surface area contributed by atoms with Gasteiger partial charge in [0.2, 0.25) is 5.13 Å². The first-order valence-corrected chi connectivity index (χ1v) is 6.07. The van der Waals surface area contributed by atoms with Gasteiger partial charge in [0.25, 0.3) is 0 Å². The molecule has 0 radical (unpaired) electrons. The normalized spacial score (nSPS) is 10.4. The average molecular weight is 234 g/mol. The monoisotopic (exact) mass is 234 g/mol. The van der Waals surface area contributed by atoms with Crippen molar-refractivity contribution in [3.05, 3.63) is 24.0 Å². The molecule has 0 atom stereocenters. The van der Waals surface area contributed by atoms with Crippen molar-refractivity contribution in [2.24, 2.45) is 0 Å². The van der Waals surface area contributed by atoms with E-state index in [1.165, 1.54) is 11.5 Å². The molecule has 0 aliphatic rings. The van der Waals surface area contributed by atoms with Gasteiger partial charge >= 0.3 is 0 Å². The van der Waals surface area contributed by atoms with Crippen LogP contribution in [0, 0.1) is 6.92 Å². The van der Waals surface area contributed by atoms with Gasteiger partial charge < -0.3 is 5.32 Å². The number of rotatable bonds is 4. The molecule has 5 heteroatoms. The van der Waals surface area contributed by atoms with Gasteiger partial charge in [-0.3, -0.25) is 4.98 Å². The quantitative estimate of drug-likeness (QED) is 0.883. The van der Waals surface area contributed by atoms with Gasteiger partial charge in [0.15, 0.2) is 5.82 Å². The number of nitrogens with one attached hydrogen (secondary N) is 1. The molecule has 0 aliphatic heterocycles. The van der Waals surface area contributed by atoms with Crippen LogP contribution in [0.3, 0.4) is 0 Å². The molecule has 0 saturated heterocycles. The minimum atomic E-state index is 0.781. The molecule has 1 N–H and O–H groups in total. The summed E-state index contributed by atoms with van der Waals surface area (Å²) in [5.74, 6) is 0.781. The van der Waals surface area contributed by atoms with Gasteiger partial charge in [-0.2, -0.15) is 9.36 Å². The highest BCUT2D eigenvalue weighted by Gasteiger charge is 2.08. The van der Waals surface area contributed by atoms with E-state index < -0.39 is 0 Å². The Morgan fingerprint density at radius 3 is 3.06 bits per heavy atom. The van der Waals surface area contributed by atoms with Gasteiger partial charge in [-0.05, 0) is 25.0 Å². The summed E-state index contributed by atoms with van der Waals surface area (Å²) in [5.41, 5.74) is 2.15. The number of hydrogen-bond donors (Lipinski definition) is 1. The second-order valence-electron chi connectivity index (χ2n) is 3.54. The second kappa shape index (κ2) is 5.03. The topological polar surface area (TPSA) is 50.7 Å². The fourth-order valence-electron chi connectivity index (χ4n) is 1.36. The number of pyridine rings is 1. The molecule has 84 valence electrons. The summed E-state index contributed by atoms with van der Waals surface area (Å²) in [4.78, 5) is 8.51. The molecule has 2 heterocycles. The molecule has 0 amide bonds. The van der Waals surface area contributed by atoms with Gasteiger partial charge in [-0.25, -0.2) is 0 Å². The molecular formula is C11H14N4S. The van der Waals surface area contributed by atoms with Crippen LogP contribution < -0.4 is 5.32 Å². The fourth-order valence-corrected chi connectivity index (χ4v) is 1.97. The van der Waals surface area contributed by atoms with E-state index in [4.69, 9.17) is 0 Å². The van der Waals surface area contributed by atoms with Crippen LogP contribution in [0.4, 0.5) is 5.13 Å². The third-order valence-electron chi connectivity index (χ3n) is 2.21. The Labute approximate surface area is 98.9 Å². The fraction of sp³-hybridized carbons (Fsp3) is 0.364. The molecule has 4 nitrogen and oxygen atoms in total. The lowest BCUT2D eigenvalue weighted by molar-refractivity contribution is 0.976. The van der Waals surface area contributed by atoms with E-state index in [1.807, 2.05) is 19.2 Å². The highest BCUT2D eigenvalue weighted by atomic mass is 32.1. The van der Waals surface area contributed by atoms with Crippen LogP contribution in [-0.4, -0.2) is 20.9 Å². The second-order valence-corrected chi connectivity index (χ2v) is 4.29. The Morgan fingerprint density at radius 1 is 1.44 bits per heavy atom. The molecule has 0 fully saturated rings. The molecule has 16 heavy (non-hydrogen) atoms. The van der Waals surface area contributed by atoms with Crippen LogP contribution in [0.15, 0.2) is 18.5 Å². The Kier molecular flexibility index (Phi) is 3.46. The van der Waals surface area contributed by atoms with E-state index in [0.717, 1.165) is 35.0 Å². The molecule has 0 aliphatic carbocycles. The van der Waals surface area contributed by atoms with Gasteiger partial charge in [0.05, 0.1) is 0 Å². The van der Waals surface area contributed by atoms with E-state index >= 15 is 0 Å². The van der Waals surface area contributed by atoms with Crippen molar-refractivity contribution in [1.29, 1.82) is 0 Å². The predicted molar refractivity (Wildman–Crippen MR) is 66.7 cm³/mol. The smallest absolute Gasteiger partial charge is 0.202 e. The van der Waals surface area contributed by atoms with E-state index in [0.29, 0.717) is 0 Å². The standard InChI is InChI=1S/C11H14N4S/c1-3-5-13-11-14-10(15-16-11)9-4-6-12-7-8(9)2/h4,6-7H,3,5H2,1-2H3,(H,13,14,15). The molecule has 0 unspecified atom stereocenters. The van der Waals surface area contributed by atoms with Gasteiger partial charge in [-0.15, -0.1) is 0 Å². The molecule has 2 aromatic rings. The third-order valence-corrected chi connectivity index (χ3v) is 2.89. The predicted octanol–water partition coefficient (Wildman–Crippen LogP) is 2.73. The average Bonchev–Trinajstić information content (AvgIpc) is 2.75. The van der Waals surface area contributed by atoms with Crippen LogP contribution in [0.1, 0.15) is 18.9 Å². The van der Waals surface area contributed by atoms with Gasteiger partial charge in [-0.1, -0.05) is 6.92 Å². The van der Waals surface area contributed by atoms with Crippen LogP contribution in [-0.2, 0) is 0 Å². The summed E-state index contributed by atoms with van der Waals surface area (Å²) >= 11 is 1.40. The highest BCUT2D eigenvalue weighted by Crippen LogP contribution is 2.23. The van der Waals surface area contributed by atoms with E-state index in [2.05, 4.69) is 26.6 Å². The first kappa shape index (κ1) is 11.0. The van der Waals surface area contributed by atoms with Crippen molar-refractivity contribution in [2.45, 2.75) is 20.3 Å². The maximum Gasteiger partial charge on any atom is 0.202 e. The molecule has 2 aromatic heterocycles. The highest BCUT2D eigenvalue weighted by molar-refractivity contribution is 7.09. The number of hydrogen-bond acceptors (Lipinski definition) is 5. The summed E-state index contributed by atoms with van der Waals surface area (Å²) in [6.45, 7) is 5.08. The Balaban J connectivity index is 2.22. The maximum atomic E-state index is 4.45. The lowest BCUT2D eigenvalue weighted by Gasteiger charge is -1.99. The summed E-state index contributed by atoms with van der Waals surface area (Å²) in [5, 5.41) is 4.12. The molecule has 0 bridgehead atoms. The summed E-state index contributed by atoms with van der Waals surface area (Å²) in [7, 11) is 0. The van der Waals surface area contributed by atoms with E-state index in [1.54, 1.807) is 6.20 Å². The zero-order chi connectivity index (χ0) is 11.4. The number of nitrogens with zero attached hydrogens (tertiary/aromatic N) is 3. The Bertz CT molecular complexity index is 467. The summed E-state index contributed by atoms with van der Waals surface area (Å²) in [6, 6.07) is 1.95. The van der Waals surface area contributed by atoms with Crippen molar-refractivity contribution in [1.82, 2.24) is 14.3 Å². The summed E-state index contributed by atoms with van der Waals surface area (Å²) in [6.07, 6.45) is 4.68. The van der Waals surface area contributed by atoms with Crippen molar-refractivity contribution in [2.75, 3.05) is 11.9 Å². The summed E-state index contributed by atoms with van der Waals surface area (Å²) < 4.78 is 4.34. The number of anilines is 1. The number of aromatic nitrogens is 3. The molecule has 0 saturated carbocycles. The molecule has 2 rings (SSSR count).